The highest BCUT2D eigenvalue weighted by Crippen LogP contribution is 2.23. The van der Waals surface area contributed by atoms with Crippen LogP contribution in [0, 0.1) is 18.3 Å². The van der Waals surface area contributed by atoms with Gasteiger partial charge in [0.25, 0.3) is 0 Å². The summed E-state index contributed by atoms with van der Waals surface area (Å²) in [7, 11) is -4.48. The molecule has 3 rings (SSSR count). The number of hydroxylamine groups is 1. The predicted octanol–water partition coefficient (Wildman–Crippen LogP) is -0.675. The summed E-state index contributed by atoms with van der Waals surface area (Å²) in [5, 5.41) is 19.5. The first-order valence-corrected chi connectivity index (χ1v) is 13.0. The number of aliphatic carboxylic acids is 1. The van der Waals surface area contributed by atoms with Crippen LogP contribution >= 0.6 is 0 Å². The number of nitrogens with one attached hydrogen (secondary N) is 3. The highest BCUT2D eigenvalue weighted by Gasteiger charge is 2.49. The Bertz CT molecular complexity index is 1040. The van der Waals surface area contributed by atoms with Gasteiger partial charge in [-0.05, 0) is 51.4 Å². The van der Waals surface area contributed by atoms with Crippen molar-refractivity contribution in [2.24, 2.45) is 17.4 Å². The van der Waals surface area contributed by atoms with Crippen molar-refractivity contribution in [2.75, 3.05) is 26.2 Å². The number of likely N-dealkylation sites (tertiary alicyclic amines) is 1. The monoisotopic (exact) mass is 510 g/mol. The minimum absolute atomic E-state index is 0.0104. The van der Waals surface area contributed by atoms with Gasteiger partial charge in [0.1, 0.15) is 0 Å². The zero-order valence-corrected chi connectivity index (χ0v) is 20.5. The van der Waals surface area contributed by atoms with E-state index < -0.39 is 39.2 Å². The molecule has 1 aromatic carbocycles. The number of nitrogens with zero attached hydrogens (tertiary/aromatic N) is 1. The number of amides is 1. The van der Waals surface area contributed by atoms with Gasteiger partial charge in [0.05, 0.1) is 29.8 Å². The molecule has 194 valence electrons. The fourth-order valence-corrected chi connectivity index (χ4v) is 5.71. The van der Waals surface area contributed by atoms with Crippen LogP contribution in [0.2, 0.25) is 0 Å². The van der Waals surface area contributed by atoms with Gasteiger partial charge in [-0.25, -0.2) is 13.2 Å². The van der Waals surface area contributed by atoms with Crippen molar-refractivity contribution in [3.8, 4) is 0 Å². The molecule has 0 bridgehead atoms. The molecule has 35 heavy (non-hydrogen) atoms. The summed E-state index contributed by atoms with van der Waals surface area (Å²) in [6, 6.07) is 5.67. The second-order valence-corrected chi connectivity index (χ2v) is 11.5. The number of carboxylic acids is 1. The van der Waals surface area contributed by atoms with E-state index in [9.17, 15) is 23.1 Å². The molecule has 12 nitrogen and oxygen atoms in total. The molecule has 2 aliphatic heterocycles. The molecule has 2 heterocycles. The zero-order valence-electron chi connectivity index (χ0n) is 19.7. The fourth-order valence-electron chi connectivity index (χ4n) is 4.30. The first-order valence-electron chi connectivity index (χ1n) is 11.5. The number of carbonyl (C=O) groups is 2. The number of carboxylic acid groups (broad SMARTS) is 1. The van der Waals surface area contributed by atoms with Crippen molar-refractivity contribution in [1.29, 1.82) is 5.41 Å². The van der Waals surface area contributed by atoms with Gasteiger partial charge < -0.3 is 26.8 Å². The molecule has 2 saturated heterocycles. The predicted molar refractivity (Wildman–Crippen MR) is 128 cm³/mol. The average Bonchev–Trinajstić information content (AvgIpc) is 3.24. The van der Waals surface area contributed by atoms with Gasteiger partial charge in [-0.2, -0.15) is 5.48 Å². The summed E-state index contributed by atoms with van der Waals surface area (Å²) in [4.78, 5) is 29.1. The second-order valence-electron chi connectivity index (χ2n) is 9.31. The van der Waals surface area contributed by atoms with Crippen molar-refractivity contribution in [3.63, 3.8) is 0 Å². The van der Waals surface area contributed by atoms with Gasteiger partial charge in [-0.1, -0.05) is 17.7 Å². The Labute approximate surface area is 204 Å². The van der Waals surface area contributed by atoms with Gasteiger partial charge in [0, 0.05) is 18.5 Å². The van der Waals surface area contributed by atoms with E-state index in [2.05, 4.69) is 15.7 Å². The van der Waals surface area contributed by atoms with Crippen LogP contribution in [0.25, 0.3) is 0 Å². The van der Waals surface area contributed by atoms with Gasteiger partial charge >= 0.3 is 5.97 Å². The molecule has 3 atom stereocenters. The van der Waals surface area contributed by atoms with E-state index in [-0.39, 0.29) is 29.1 Å². The van der Waals surface area contributed by atoms with Gasteiger partial charge in [-0.3, -0.25) is 15.0 Å². The molecule has 0 unspecified atom stereocenters. The van der Waals surface area contributed by atoms with Crippen molar-refractivity contribution in [3.05, 3.63) is 29.8 Å². The van der Waals surface area contributed by atoms with E-state index in [0.29, 0.717) is 6.42 Å². The van der Waals surface area contributed by atoms with E-state index >= 15 is 0 Å². The van der Waals surface area contributed by atoms with Crippen LogP contribution in [0.1, 0.15) is 31.2 Å². The van der Waals surface area contributed by atoms with E-state index in [1.165, 1.54) is 12.1 Å². The summed E-state index contributed by atoms with van der Waals surface area (Å²) in [5.41, 5.74) is 15.2. The minimum Gasteiger partial charge on any atom is -0.479 e. The topological polar surface area (TPSA) is 201 Å². The Morgan fingerprint density at radius 2 is 1.91 bits per heavy atom. The largest absolute Gasteiger partial charge is 0.479 e. The molecule has 1 amide bonds. The third-order valence-corrected chi connectivity index (χ3v) is 8.76. The number of hydrogen-bond acceptors (Lipinski definition) is 9. The van der Waals surface area contributed by atoms with E-state index in [1.54, 1.807) is 19.1 Å². The van der Waals surface area contributed by atoms with Crippen LogP contribution in [0.4, 0.5) is 0 Å². The summed E-state index contributed by atoms with van der Waals surface area (Å²) >= 11 is 0. The fraction of sp³-hybridized carbons (Fsp3) is 0.591. The normalized spacial score (nSPS) is 23.5. The molecule has 0 spiro atoms. The standard InChI is InChI=1S/C22H34N6O6S/c1-14-2-4-18(5-3-14)35(32,33)22(25,21(30)31)13-26-19(29)11-17-10-16(27-34-17)12-28-8-6-15(7-9-28)20(23)24/h2-5,15-17,27H,6-13,25H2,1H3,(H3,23,24)(H,26,29)(H,30,31)/t16-,17+,22-/m0/s1. The van der Waals surface area contributed by atoms with E-state index in [0.717, 1.165) is 38.0 Å². The number of aryl methyl sites for hydroxylation is 1. The smallest absolute Gasteiger partial charge is 0.341 e. The summed E-state index contributed by atoms with van der Waals surface area (Å²) in [6.07, 6.45) is 1.72. The minimum atomic E-state index is -4.48. The molecular formula is C22H34N6O6S. The number of amidine groups is 1. The Kier molecular flexibility index (Phi) is 8.49. The maximum Gasteiger partial charge on any atom is 0.341 e. The molecule has 0 saturated carbocycles. The molecule has 13 heteroatoms. The number of sulfone groups is 1. The van der Waals surface area contributed by atoms with Gasteiger partial charge in [0.2, 0.25) is 20.6 Å². The third kappa shape index (κ3) is 6.35. The third-order valence-electron chi connectivity index (χ3n) is 6.59. The van der Waals surface area contributed by atoms with Crippen molar-refractivity contribution in [2.45, 2.75) is 54.5 Å². The zero-order chi connectivity index (χ0) is 25.8. The SMILES string of the molecule is Cc1ccc(S(=O)(=O)[C@@](N)(CNC(=O)C[C@H]2C[C@@H](CN3CCC(C(=N)N)CC3)NO2)C(=O)O)cc1. The van der Waals surface area contributed by atoms with Crippen LogP contribution in [0.5, 0.6) is 0 Å². The lowest BCUT2D eigenvalue weighted by atomic mass is 9.95. The molecule has 2 fully saturated rings. The lowest BCUT2D eigenvalue weighted by molar-refractivity contribution is -0.140. The Balaban J connectivity index is 1.50. The van der Waals surface area contributed by atoms with E-state index in [4.69, 9.17) is 21.7 Å². The van der Waals surface area contributed by atoms with Crippen LogP contribution in [-0.2, 0) is 24.3 Å². The number of nitrogens with two attached hydrogens (primary N) is 2. The van der Waals surface area contributed by atoms with Crippen LogP contribution < -0.4 is 22.3 Å². The number of hydrogen-bond donors (Lipinski definition) is 6. The Morgan fingerprint density at radius 3 is 2.49 bits per heavy atom. The molecule has 2 aliphatic rings. The van der Waals surface area contributed by atoms with E-state index in [1.807, 2.05) is 0 Å². The molecule has 0 aliphatic carbocycles. The Morgan fingerprint density at radius 1 is 1.29 bits per heavy atom. The van der Waals surface area contributed by atoms with Crippen LogP contribution in [0.15, 0.2) is 29.2 Å². The summed E-state index contributed by atoms with van der Waals surface area (Å²) < 4.78 is 25.9. The lowest BCUT2D eigenvalue weighted by Gasteiger charge is -2.32. The van der Waals surface area contributed by atoms with Crippen LogP contribution in [0.3, 0.4) is 0 Å². The lowest BCUT2D eigenvalue weighted by Crippen LogP contribution is -2.61. The first kappa shape index (κ1) is 27.0. The van der Waals surface area contributed by atoms with Crippen molar-refractivity contribution >= 4 is 27.5 Å². The molecule has 8 N–H and O–H groups in total. The summed E-state index contributed by atoms with van der Waals surface area (Å²) in [6.45, 7) is 3.37. The van der Waals surface area contributed by atoms with Crippen molar-refractivity contribution in [1.82, 2.24) is 15.7 Å². The summed E-state index contributed by atoms with van der Waals surface area (Å²) in [5.74, 6) is -1.96. The van der Waals surface area contributed by atoms with Crippen LogP contribution in [-0.4, -0.2) is 79.3 Å². The molecule has 0 aromatic heterocycles. The first-order chi connectivity index (χ1) is 16.4. The van der Waals surface area contributed by atoms with Gasteiger partial charge in [-0.15, -0.1) is 0 Å². The average molecular weight is 511 g/mol. The second kappa shape index (κ2) is 11.0. The number of rotatable bonds is 10. The number of piperidine rings is 1. The maximum absolute atomic E-state index is 12.9. The van der Waals surface area contributed by atoms with Gasteiger partial charge in [0.15, 0.2) is 0 Å². The molecular weight excluding hydrogens is 476 g/mol. The highest BCUT2D eigenvalue weighted by molar-refractivity contribution is 7.93. The molecule has 1 aromatic rings. The number of carbonyl (C=O) groups excluding carboxylic acids is 1. The quantitative estimate of drug-likeness (QED) is 0.173. The number of benzene rings is 1. The Hall–Kier alpha value is -2.58. The maximum atomic E-state index is 12.9. The molecule has 0 radical (unpaired) electrons. The highest BCUT2D eigenvalue weighted by atomic mass is 32.2. The van der Waals surface area contributed by atoms with Crippen molar-refractivity contribution < 1.29 is 28.0 Å².